The molecule has 0 bridgehead atoms. The van der Waals surface area contributed by atoms with Gasteiger partial charge < -0.3 is 9.47 Å². The molecule has 0 aromatic heterocycles. The molecule has 0 saturated heterocycles. The molecule has 0 spiro atoms. The predicted molar refractivity (Wildman–Crippen MR) is 126 cm³/mol. The number of hydrogen-bond donors (Lipinski definition) is 0. The number of methoxy groups -OCH3 is 2. The van der Waals surface area contributed by atoms with Crippen LogP contribution in [-0.2, 0) is 14.3 Å². The molecule has 29 heavy (non-hydrogen) atoms. The molecular weight excluding hydrogens is 392 g/mol. The van der Waals surface area contributed by atoms with Gasteiger partial charge in [-0.2, -0.15) is 0 Å². The molecule has 0 radical (unpaired) electrons. The zero-order valence-corrected chi connectivity index (χ0v) is 20.6. The first-order valence-corrected chi connectivity index (χ1v) is 16.7. The minimum atomic E-state index is -2.30. The van der Waals surface area contributed by atoms with Gasteiger partial charge in [-0.3, -0.25) is 4.79 Å². The Kier molecular flexibility index (Phi) is 5.89. The Hall–Kier alpha value is -1.80. The maximum absolute atomic E-state index is 14.1. The lowest BCUT2D eigenvalue weighted by Gasteiger charge is -2.40. The predicted octanol–water partition coefficient (Wildman–Crippen LogP) is 4.88. The average Bonchev–Trinajstić information content (AvgIpc) is 2.99. The molecule has 1 unspecified atom stereocenters. The van der Waals surface area contributed by atoms with Gasteiger partial charge in [-0.25, -0.2) is 0 Å². The summed E-state index contributed by atoms with van der Waals surface area (Å²) in [6.07, 6.45) is 0. The summed E-state index contributed by atoms with van der Waals surface area (Å²) in [5.74, 6) is -0.829. The van der Waals surface area contributed by atoms with Crippen molar-refractivity contribution in [1.29, 1.82) is 0 Å². The normalized spacial score (nSPS) is 19.7. The smallest absolute Gasteiger partial charge is 0.202 e. The first-order valence-electron chi connectivity index (χ1n) is 10.1. The number of allylic oxidation sites excluding steroid dienone is 1. The maximum atomic E-state index is 14.1. The number of rotatable bonds is 6. The van der Waals surface area contributed by atoms with Crippen molar-refractivity contribution >= 4 is 32.7 Å². The van der Waals surface area contributed by atoms with Crippen LogP contribution in [0.2, 0.25) is 38.3 Å². The lowest BCUT2D eigenvalue weighted by Crippen LogP contribution is -2.50. The minimum Gasteiger partial charge on any atom is -0.349 e. The highest BCUT2D eigenvalue weighted by atomic mass is 28.3. The van der Waals surface area contributed by atoms with Crippen molar-refractivity contribution in [2.24, 2.45) is 0 Å². The molecule has 154 valence electrons. The van der Waals surface area contributed by atoms with E-state index in [-0.39, 0.29) is 11.3 Å². The highest BCUT2D eigenvalue weighted by Gasteiger charge is 2.62. The largest absolute Gasteiger partial charge is 0.349 e. The zero-order valence-electron chi connectivity index (χ0n) is 18.6. The fourth-order valence-corrected chi connectivity index (χ4v) is 10.4. The van der Waals surface area contributed by atoms with E-state index in [9.17, 15) is 4.79 Å². The molecule has 1 aliphatic carbocycles. The molecule has 1 atom stereocenters. The first kappa shape index (κ1) is 21.9. The molecule has 0 aliphatic heterocycles. The van der Waals surface area contributed by atoms with E-state index >= 15 is 0 Å². The Balaban J connectivity index is 2.40. The standard InChI is InChI=1S/C24H32O3Si2/c1-26-24(27-2)20(18-14-10-8-11-15-18)22(21(25)23(24)28(3,4)5)29(6,7)19-16-12-9-13-17-19/h8-17,23H,1-7H3. The third-order valence-corrected chi connectivity index (χ3v) is 12.0. The zero-order chi connectivity index (χ0) is 21.4. The van der Waals surface area contributed by atoms with E-state index in [4.69, 9.17) is 9.47 Å². The van der Waals surface area contributed by atoms with Gasteiger partial charge in [-0.1, -0.05) is 98.6 Å². The fourth-order valence-electron chi connectivity index (χ4n) is 4.82. The lowest BCUT2D eigenvalue weighted by atomic mass is 10.00. The third-order valence-electron chi connectivity index (χ3n) is 6.14. The van der Waals surface area contributed by atoms with Gasteiger partial charge in [0.2, 0.25) is 5.79 Å². The van der Waals surface area contributed by atoms with Gasteiger partial charge in [0.1, 0.15) is 8.07 Å². The van der Waals surface area contributed by atoms with Crippen LogP contribution < -0.4 is 5.19 Å². The van der Waals surface area contributed by atoms with Crippen LogP contribution in [0.5, 0.6) is 0 Å². The summed E-state index contributed by atoms with van der Waals surface area (Å²) in [7, 11) is -0.938. The van der Waals surface area contributed by atoms with Crippen molar-refractivity contribution in [3.63, 3.8) is 0 Å². The van der Waals surface area contributed by atoms with Gasteiger partial charge in [0.05, 0.1) is 13.6 Å². The van der Waals surface area contributed by atoms with Gasteiger partial charge in [0.25, 0.3) is 0 Å². The van der Waals surface area contributed by atoms with E-state index in [1.54, 1.807) is 14.2 Å². The van der Waals surface area contributed by atoms with E-state index in [0.29, 0.717) is 0 Å². The average molecular weight is 425 g/mol. The molecule has 1 aliphatic rings. The van der Waals surface area contributed by atoms with Crippen LogP contribution in [0.3, 0.4) is 0 Å². The van der Waals surface area contributed by atoms with Crippen molar-refractivity contribution in [3.8, 4) is 0 Å². The molecule has 0 N–H and O–H groups in total. The molecular formula is C24H32O3Si2. The van der Waals surface area contributed by atoms with Gasteiger partial charge in [0, 0.05) is 19.8 Å². The maximum Gasteiger partial charge on any atom is 0.202 e. The van der Waals surface area contributed by atoms with E-state index in [1.807, 2.05) is 24.3 Å². The lowest BCUT2D eigenvalue weighted by molar-refractivity contribution is -0.165. The Bertz CT molecular complexity index is 908. The molecule has 5 heteroatoms. The van der Waals surface area contributed by atoms with Crippen LogP contribution in [0.1, 0.15) is 5.56 Å². The Morgan fingerprint density at radius 3 is 1.72 bits per heavy atom. The number of hydrogen-bond acceptors (Lipinski definition) is 3. The number of ketones is 1. The SMILES string of the molecule is COC1(OC)C(c2ccccc2)=C([Si](C)(C)c2ccccc2)C(=O)C1[Si](C)(C)C. The van der Waals surface area contributed by atoms with Crippen LogP contribution in [0.15, 0.2) is 65.9 Å². The third kappa shape index (κ3) is 3.50. The number of benzene rings is 2. The second-order valence-electron chi connectivity index (χ2n) is 9.35. The molecule has 2 aromatic carbocycles. The van der Waals surface area contributed by atoms with Crippen LogP contribution in [-0.4, -0.2) is 41.9 Å². The van der Waals surface area contributed by atoms with Crippen LogP contribution in [0.4, 0.5) is 0 Å². The van der Waals surface area contributed by atoms with Crippen molar-refractivity contribution in [2.45, 2.75) is 44.1 Å². The summed E-state index contributed by atoms with van der Waals surface area (Å²) in [6, 6.07) is 20.6. The van der Waals surface area contributed by atoms with Crippen molar-refractivity contribution in [2.75, 3.05) is 14.2 Å². The molecule has 0 fully saturated rings. The van der Waals surface area contributed by atoms with E-state index in [0.717, 1.165) is 16.3 Å². The second kappa shape index (κ2) is 7.80. The van der Waals surface area contributed by atoms with Crippen LogP contribution in [0, 0.1) is 0 Å². The van der Waals surface area contributed by atoms with E-state index in [1.165, 1.54) is 5.19 Å². The van der Waals surface area contributed by atoms with Gasteiger partial charge in [-0.15, -0.1) is 0 Å². The topological polar surface area (TPSA) is 35.5 Å². The quantitative estimate of drug-likeness (QED) is 0.490. The second-order valence-corrected chi connectivity index (χ2v) is 19.0. The van der Waals surface area contributed by atoms with Gasteiger partial charge in [0.15, 0.2) is 5.78 Å². The van der Waals surface area contributed by atoms with Gasteiger partial charge in [-0.05, 0) is 10.8 Å². The highest BCUT2D eigenvalue weighted by molar-refractivity contribution is 7.01. The monoisotopic (exact) mass is 424 g/mol. The summed E-state index contributed by atoms with van der Waals surface area (Å²) < 4.78 is 12.3. The Labute approximate surface area is 176 Å². The number of carbonyl (C=O) groups is 1. The molecule has 0 heterocycles. The molecule has 3 nitrogen and oxygen atoms in total. The molecule has 2 aromatic rings. The number of Topliss-reactive ketones (excluding diaryl/α,β-unsaturated/α-hetero) is 1. The Morgan fingerprint density at radius 1 is 0.793 bits per heavy atom. The Morgan fingerprint density at radius 2 is 1.28 bits per heavy atom. The van der Waals surface area contributed by atoms with Crippen LogP contribution in [0.25, 0.3) is 5.57 Å². The van der Waals surface area contributed by atoms with Crippen molar-refractivity contribution < 1.29 is 14.3 Å². The fraction of sp³-hybridized carbons (Fsp3) is 0.375. The van der Waals surface area contributed by atoms with Crippen molar-refractivity contribution in [3.05, 3.63) is 71.4 Å². The molecule has 0 amide bonds. The van der Waals surface area contributed by atoms with E-state index < -0.39 is 21.9 Å². The highest BCUT2D eigenvalue weighted by Crippen LogP contribution is 2.55. The summed E-state index contributed by atoms with van der Waals surface area (Å²) in [4.78, 5) is 14.1. The van der Waals surface area contributed by atoms with Crippen LogP contribution >= 0.6 is 0 Å². The summed E-state index contributed by atoms with van der Waals surface area (Å²) in [5, 5.41) is 2.18. The number of ether oxygens (including phenoxy) is 2. The van der Waals surface area contributed by atoms with E-state index in [2.05, 4.69) is 69.1 Å². The van der Waals surface area contributed by atoms with Gasteiger partial charge >= 0.3 is 0 Å². The summed E-state index contributed by atoms with van der Waals surface area (Å²) in [5.41, 5.74) is 1.66. The number of carbonyl (C=O) groups excluding carboxylic acids is 1. The minimum absolute atomic E-state index is 0.215. The van der Waals surface area contributed by atoms with Crippen molar-refractivity contribution in [1.82, 2.24) is 0 Å². The molecule has 0 saturated carbocycles. The first-order chi connectivity index (χ1) is 13.6. The summed E-state index contributed by atoms with van der Waals surface area (Å²) >= 11 is 0. The summed E-state index contributed by atoms with van der Waals surface area (Å²) in [6.45, 7) is 11.2. The molecule has 3 rings (SSSR count).